The minimum atomic E-state index is -0.287. The summed E-state index contributed by atoms with van der Waals surface area (Å²) < 4.78 is 0. The molecule has 0 radical (unpaired) electrons. The molecule has 4 N–H and O–H groups in total. The molecule has 0 bridgehead atoms. The standard InChI is InChI=1S/C24H25N5O/c1-14-5-10-18-17(13-14)20(19-11-12-26-23(25)28-19)21(27-18)15-6-8-16(9-7-15)22(30)29-24(2,3)4/h5-13,27H,1-4H3,(H,29,30)(H2,25,26,28). The normalized spacial score (nSPS) is 11.6. The largest absolute Gasteiger partial charge is 0.368 e. The van der Waals surface area contributed by atoms with E-state index in [9.17, 15) is 4.79 Å². The van der Waals surface area contributed by atoms with E-state index >= 15 is 0 Å². The van der Waals surface area contributed by atoms with Gasteiger partial charge in [0.2, 0.25) is 5.95 Å². The lowest BCUT2D eigenvalue weighted by Gasteiger charge is -2.20. The van der Waals surface area contributed by atoms with Gasteiger partial charge in [0.05, 0.1) is 11.4 Å². The first kappa shape index (κ1) is 19.6. The number of amides is 1. The average molecular weight is 399 g/mol. The van der Waals surface area contributed by atoms with E-state index in [0.29, 0.717) is 5.56 Å². The smallest absolute Gasteiger partial charge is 0.251 e. The number of aryl methyl sites for hydroxylation is 1. The fraction of sp³-hybridized carbons (Fsp3) is 0.208. The molecule has 2 aromatic carbocycles. The fourth-order valence-electron chi connectivity index (χ4n) is 3.50. The Morgan fingerprint density at radius 2 is 1.80 bits per heavy atom. The summed E-state index contributed by atoms with van der Waals surface area (Å²) >= 11 is 0. The third-order valence-electron chi connectivity index (χ3n) is 4.81. The summed E-state index contributed by atoms with van der Waals surface area (Å²) in [7, 11) is 0. The number of anilines is 1. The van der Waals surface area contributed by atoms with Gasteiger partial charge in [-0.2, -0.15) is 0 Å². The predicted molar refractivity (Wildman–Crippen MR) is 121 cm³/mol. The Kier molecular flexibility index (Phi) is 4.78. The van der Waals surface area contributed by atoms with Crippen LogP contribution in [0.2, 0.25) is 0 Å². The van der Waals surface area contributed by atoms with Gasteiger partial charge in [0.25, 0.3) is 5.91 Å². The highest BCUT2D eigenvalue weighted by atomic mass is 16.1. The van der Waals surface area contributed by atoms with Crippen LogP contribution in [0.5, 0.6) is 0 Å². The van der Waals surface area contributed by atoms with E-state index in [4.69, 9.17) is 5.73 Å². The van der Waals surface area contributed by atoms with E-state index in [-0.39, 0.29) is 17.4 Å². The van der Waals surface area contributed by atoms with Crippen LogP contribution in [-0.2, 0) is 0 Å². The van der Waals surface area contributed by atoms with Gasteiger partial charge in [-0.25, -0.2) is 9.97 Å². The second kappa shape index (κ2) is 7.30. The van der Waals surface area contributed by atoms with E-state index in [1.54, 1.807) is 6.20 Å². The quantitative estimate of drug-likeness (QED) is 0.465. The lowest BCUT2D eigenvalue weighted by molar-refractivity contribution is 0.0919. The molecule has 0 aliphatic heterocycles. The van der Waals surface area contributed by atoms with E-state index < -0.39 is 0 Å². The minimum Gasteiger partial charge on any atom is -0.368 e. The molecule has 152 valence electrons. The van der Waals surface area contributed by atoms with E-state index in [2.05, 4.69) is 45.4 Å². The summed E-state index contributed by atoms with van der Waals surface area (Å²) in [6.07, 6.45) is 1.66. The molecular weight excluding hydrogens is 374 g/mol. The summed E-state index contributed by atoms with van der Waals surface area (Å²) in [5, 5.41) is 4.06. The van der Waals surface area contributed by atoms with Gasteiger partial charge in [0.1, 0.15) is 0 Å². The van der Waals surface area contributed by atoms with Crippen molar-refractivity contribution >= 4 is 22.8 Å². The van der Waals surface area contributed by atoms with Crippen LogP contribution in [0.1, 0.15) is 36.7 Å². The number of nitrogens with zero attached hydrogens (tertiary/aromatic N) is 2. The first-order chi connectivity index (χ1) is 14.2. The number of rotatable bonds is 3. The number of nitrogen functional groups attached to an aromatic ring is 1. The second-order valence-corrected chi connectivity index (χ2v) is 8.51. The molecule has 1 amide bonds. The number of carbonyl (C=O) groups excluding carboxylic acids is 1. The molecule has 4 aromatic rings. The molecule has 2 heterocycles. The van der Waals surface area contributed by atoms with Crippen LogP contribution >= 0.6 is 0 Å². The highest BCUT2D eigenvalue weighted by Crippen LogP contribution is 2.38. The molecule has 0 spiro atoms. The third kappa shape index (κ3) is 3.89. The van der Waals surface area contributed by atoms with Crippen LogP contribution in [-0.4, -0.2) is 26.4 Å². The second-order valence-electron chi connectivity index (χ2n) is 8.51. The monoisotopic (exact) mass is 399 g/mol. The van der Waals surface area contributed by atoms with Crippen molar-refractivity contribution in [1.29, 1.82) is 0 Å². The highest BCUT2D eigenvalue weighted by molar-refractivity contribution is 6.03. The summed E-state index contributed by atoms with van der Waals surface area (Å²) in [4.78, 5) is 24.4. The molecule has 0 aliphatic carbocycles. The van der Waals surface area contributed by atoms with Crippen LogP contribution in [0.4, 0.5) is 5.95 Å². The molecule has 2 aromatic heterocycles. The lowest BCUT2D eigenvalue weighted by atomic mass is 10.00. The van der Waals surface area contributed by atoms with Gasteiger partial charge in [-0.3, -0.25) is 4.79 Å². The molecule has 0 saturated heterocycles. The van der Waals surface area contributed by atoms with E-state index in [1.165, 1.54) is 0 Å². The first-order valence-corrected chi connectivity index (χ1v) is 9.85. The van der Waals surface area contributed by atoms with Crippen molar-refractivity contribution in [3.05, 3.63) is 65.9 Å². The molecule has 0 aliphatic rings. The van der Waals surface area contributed by atoms with Gasteiger partial charge in [0.15, 0.2) is 0 Å². The van der Waals surface area contributed by atoms with E-state index in [1.807, 2.05) is 51.1 Å². The fourth-order valence-corrected chi connectivity index (χ4v) is 3.50. The average Bonchev–Trinajstić information content (AvgIpc) is 3.05. The van der Waals surface area contributed by atoms with Crippen molar-refractivity contribution < 1.29 is 4.79 Å². The summed E-state index contributed by atoms with van der Waals surface area (Å²) in [6.45, 7) is 7.95. The number of hydrogen-bond acceptors (Lipinski definition) is 4. The maximum absolute atomic E-state index is 12.5. The number of nitrogens with two attached hydrogens (primary N) is 1. The summed E-state index contributed by atoms with van der Waals surface area (Å²) in [6, 6.07) is 15.7. The zero-order chi connectivity index (χ0) is 21.5. The molecule has 0 saturated carbocycles. The van der Waals surface area contributed by atoms with Gasteiger partial charge >= 0.3 is 0 Å². The molecule has 0 unspecified atom stereocenters. The van der Waals surface area contributed by atoms with Crippen molar-refractivity contribution in [2.75, 3.05) is 5.73 Å². The van der Waals surface area contributed by atoms with Gasteiger partial charge in [0, 0.05) is 33.8 Å². The molecule has 0 atom stereocenters. The Bertz CT molecular complexity index is 1230. The molecular formula is C24H25N5O. The van der Waals surface area contributed by atoms with Gasteiger partial charge in [-0.15, -0.1) is 0 Å². The highest BCUT2D eigenvalue weighted by Gasteiger charge is 2.18. The molecule has 6 heteroatoms. The van der Waals surface area contributed by atoms with Gasteiger partial charge in [-0.1, -0.05) is 23.8 Å². The Morgan fingerprint density at radius 3 is 2.47 bits per heavy atom. The van der Waals surface area contributed by atoms with Gasteiger partial charge in [-0.05, 0) is 63.6 Å². The SMILES string of the molecule is Cc1ccc2[nH]c(-c3ccc(C(=O)NC(C)(C)C)cc3)c(-c3ccnc(N)n3)c2c1. The zero-order valence-electron chi connectivity index (χ0n) is 17.6. The van der Waals surface area contributed by atoms with Crippen LogP contribution < -0.4 is 11.1 Å². The van der Waals surface area contributed by atoms with Crippen molar-refractivity contribution in [2.45, 2.75) is 33.2 Å². The topological polar surface area (TPSA) is 96.7 Å². The van der Waals surface area contributed by atoms with Crippen LogP contribution in [0.25, 0.3) is 33.4 Å². The lowest BCUT2D eigenvalue weighted by Crippen LogP contribution is -2.40. The predicted octanol–water partition coefficient (Wildman–Crippen LogP) is 4.71. The first-order valence-electron chi connectivity index (χ1n) is 9.85. The number of carbonyl (C=O) groups is 1. The molecule has 30 heavy (non-hydrogen) atoms. The Balaban J connectivity index is 1.83. The number of nitrogens with one attached hydrogen (secondary N) is 2. The number of H-pyrrole nitrogens is 1. The maximum atomic E-state index is 12.5. The number of aromatic amines is 1. The van der Waals surface area contributed by atoms with Crippen LogP contribution in [0.15, 0.2) is 54.7 Å². The molecule has 4 rings (SSSR count). The minimum absolute atomic E-state index is 0.0925. The van der Waals surface area contributed by atoms with Crippen LogP contribution in [0, 0.1) is 6.92 Å². The summed E-state index contributed by atoms with van der Waals surface area (Å²) in [5.74, 6) is 0.139. The molecule has 6 nitrogen and oxygen atoms in total. The number of hydrogen-bond donors (Lipinski definition) is 3. The van der Waals surface area contributed by atoms with Crippen molar-refractivity contribution in [1.82, 2.24) is 20.3 Å². The third-order valence-corrected chi connectivity index (χ3v) is 4.81. The van der Waals surface area contributed by atoms with Crippen molar-refractivity contribution in [3.63, 3.8) is 0 Å². The number of benzene rings is 2. The maximum Gasteiger partial charge on any atom is 0.251 e. The number of aromatic nitrogens is 3. The summed E-state index contributed by atoms with van der Waals surface area (Å²) in [5.41, 5.74) is 12.0. The van der Waals surface area contributed by atoms with E-state index in [0.717, 1.165) is 39.0 Å². The van der Waals surface area contributed by atoms with Crippen LogP contribution in [0.3, 0.4) is 0 Å². The van der Waals surface area contributed by atoms with Gasteiger partial charge < -0.3 is 16.0 Å². The number of fused-ring (bicyclic) bond motifs is 1. The Labute approximate surface area is 175 Å². The zero-order valence-corrected chi connectivity index (χ0v) is 17.6. The molecule has 0 fully saturated rings. The van der Waals surface area contributed by atoms with Crippen molar-refractivity contribution in [3.8, 4) is 22.5 Å². The van der Waals surface area contributed by atoms with Crippen molar-refractivity contribution in [2.24, 2.45) is 0 Å². The Hall–Kier alpha value is -3.67. The Morgan fingerprint density at radius 1 is 1.07 bits per heavy atom.